The zero-order valence-corrected chi connectivity index (χ0v) is 14.9. The van der Waals surface area contributed by atoms with Gasteiger partial charge in [-0.3, -0.25) is 14.4 Å². The number of carbonyl (C=O) groups excluding carboxylic acids is 3. The summed E-state index contributed by atoms with van der Waals surface area (Å²) in [5.74, 6) is -0.367. The number of ketones is 1. The van der Waals surface area contributed by atoms with E-state index in [2.05, 4.69) is 16.8 Å². The standard InChI is InChI=1S/C19H20N2O3S/c1-13(22)15-4-2-3-5-16(15)20-18(23)6-7-19(24)21-10-8-17-14(12-21)9-11-25-17/h2-5,9,11H,6-8,10,12H2,1H3,(H,20,23). The summed E-state index contributed by atoms with van der Waals surface area (Å²) in [5.41, 5.74) is 2.18. The van der Waals surface area contributed by atoms with Crippen LogP contribution in [0.25, 0.3) is 0 Å². The Kier molecular flexibility index (Phi) is 5.28. The molecule has 25 heavy (non-hydrogen) atoms. The number of benzene rings is 1. The maximum atomic E-state index is 12.4. The zero-order chi connectivity index (χ0) is 17.8. The number of carbonyl (C=O) groups is 3. The van der Waals surface area contributed by atoms with Gasteiger partial charge in [-0.05, 0) is 42.5 Å². The number of nitrogens with zero attached hydrogens (tertiary/aromatic N) is 1. The number of fused-ring (bicyclic) bond motifs is 1. The van der Waals surface area contributed by atoms with Gasteiger partial charge in [0.05, 0.1) is 5.69 Å². The van der Waals surface area contributed by atoms with Crippen LogP contribution in [0, 0.1) is 0 Å². The van der Waals surface area contributed by atoms with Crippen molar-refractivity contribution >= 4 is 34.6 Å². The second-order valence-electron chi connectivity index (χ2n) is 6.08. The van der Waals surface area contributed by atoms with E-state index in [1.807, 2.05) is 4.90 Å². The second kappa shape index (κ2) is 7.61. The van der Waals surface area contributed by atoms with Gasteiger partial charge in [0.15, 0.2) is 5.78 Å². The Morgan fingerprint density at radius 2 is 1.96 bits per heavy atom. The first kappa shape index (κ1) is 17.4. The summed E-state index contributed by atoms with van der Waals surface area (Å²) >= 11 is 1.73. The highest BCUT2D eigenvalue weighted by molar-refractivity contribution is 7.10. The molecule has 0 radical (unpaired) electrons. The highest BCUT2D eigenvalue weighted by Crippen LogP contribution is 2.24. The number of Topliss-reactive ketones (excluding diaryl/α,β-unsaturated/α-hetero) is 1. The second-order valence-corrected chi connectivity index (χ2v) is 7.08. The minimum atomic E-state index is -0.254. The molecule has 0 saturated heterocycles. The van der Waals surface area contributed by atoms with Crippen molar-refractivity contribution in [3.8, 4) is 0 Å². The van der Waals surface area contributed by atoms with Crippen molar-refractivity contribution in [3.63, 3.8) is 0 Å². The summed E-state index contributed by atoms with van der Waals surface area (Å²) in [6.07, 6.45) is 1.17. The number of para-hydroxylation sites is 1. The molecule has 1 aromatic carbocycles. The number of nitrogens with one attached hydrogen (secondary N) is 1. The molecule has 0 spiro atoms. The topological polar surface area (TPSA) is 66.5 Å². The Morgan fingerprint density at radius 3 is 2.76 bits per heavy atom. The fraction of sp³-hybridized carbons (Fsp3) is 0.316. The summed E-state index contributed by atoms with van der Waals surface area (Å²) in [5, 5.41) is 4.79. The molecule has 6 heteroatoms. The number of hydrogen-bond acceptors (Lipinski definition) is 4. The van der Waals surface area contributed by atoms with Crippen molar-refractivity contribution < 1.29 is 14.4 Å². The molecule has 1 aromatic heterocycles. The SMILES string of the molecule is CC(=O)c1ccccc1NC(=O)CCC(=O)N1CCc2sccc2C1. The molecule has 3 rings (SSSR count). The van der Waals surface area contributed by atoms with Crippen molar-refractivity contribution in [3.05, 3.63) is 51.7 Å². The van der Waals surface area contributed by atoms with Gasteiger partial charge < -0.3 is 10.2 Å². The number of amides is 2. The van der Waals surface area contributed by atoms with Crippen molar-refractivity contribution in [1.82, 2.24) is 4.90 Å². The molecule has 1 aliphatic rings. The van der Waals surface area contributed by atoms with Crippen LogP contribution in [0.15, 0.2) is 35.7 Å². The first-order valence-electron chi connectivity index (χ1n) is 8.27. The fourth-order valence-electron chi connectivity index (χ4n) is 2.95. The van der Waals surface area contributed by atoms with Crippen LogP contribution < -0.4 is 5.32 Å². The Morgan fingerprint density at radius 1 is 1.16 bits per heavy atom. The van der Waals surface area contributed by atoms with Crippen LogP contribution in [0.5, 0.6) is 0 Å². The monoisotopic (exact) mass is 356 g/mol. The molecular formula is C19H20N2O3S. The van der Waals surface area contributed by atoms with Crippen molar-refractivity contribution in [1.29, 1.82) is 0 Å². The van der Waals surface area contributed by atoms with Crippen LogP contribution in [0.1, 0.15) is 40.6 Å². The molecule has 0 saturated carbocycles. The normalized spacial score (nSPS) is 13.2. The lowest BCUT2D eigenvalue weighted by atomic mass is 10.1. The molecule has 2 aromatic rings. The zero-order valence-electron chi connectivity index (χ0n) is 14.1. The Balaban J connectivity index is 1.53. The average Bonchev–Trinajstić information content (AvgIpc) is 3.07. The molecule has 1 aliphatic heterocycles. The van der Waals surface area contributed by atoms with E-state index in [-0.39, 0.29) is 30.4 Å². The van der Waals surface area contributed by atoms with Gasteiger partial charge in [0, 0.05) is 36.4 Å². The summed E-state index contributed by atoms with van der Waals surface area (Å²) in [4.78, 5) is 39.2. The average molecular weight is 356 g/mol. The molecule has 0 fully saturated rings. The summed E-state index contributed by atoms with van der Waals surface area (Å²) in [7, 11) is 0. The van der Waals surface area contributed by atoms with Crippen LogP contribution in [-0.2, 0) is 22.6 Å². The highest BCUT2D eigenvalue weighted by atomic mass is 32.1. The van der Waals surface area contributed by atoms with Crippen LogP contribution in [0.2, 0.25) is 0 Å². The van der Waals surface area contributed by atoms with Gasteiger partial charge in [-0.25, -0.2) is 0 Å². The smallest absolute Gasteiger partial charge is 0.224 e. The predicted molar refractivity (Wildman–Crippen MR) is 97.8 cm³/mol. The van der Waals surface area contributed by atoms with Crippen molar-refractivity contribution in [2.75, 3.05) is 11.9 Å². The van der Waals surface area contributed by atoms with E-state index in [4.69, 9.17) is 0 Å². The molecule has 1 N–H and O–H groups in total. The van der Waals surface area contributed by atoms with Gasteiger partial charge in [-0.1, -0.05) is 12.1 Å². The van der Waals surface area contributed by atoms with Gasteiger partial charge in [0.2, 0.25) is 11.8 Å². The Hall–Kier alpha value is -2.47. The third kappa shape index (κ3) is 4.14. The van der Waals surface area contributed by atoms with Crippen LogP contribution >= 0.6 is 11.3 Å². The maximum absolute atomic E-state index is 12.4. The number of anilines is 1. The van der Waals surface area contributed by atoms with E-state index >= 15 is 0 Å². The summed E-state index contributed by atoms with van der Waals surface area (Å²) in [6, 6.07) is 8.95. The van der Waals surface area contributed by atoms with Gasteiger partial charge in [0.1, 0.15) is 0 Å². The van der Waals surface area contributed by atoms with E-state index < -0.39 is 0 Å². The lowest BCUT2D eigenvalue weighted by molar-refractivity contribution is -0.133. The van der Waals surface area contributed by atoms with Crippen molar-refractivity contribution in [2.24, 2.45) is 0 Å². The first-order chi connectivity index (χ1) is 12.0. The molecule has 2 amide bonds. The van der Waals surface area contributed by atoms with Gasteiger partial charge in [-0.2, -0.15) is 0 Å². The molecule has 0 aliphatic carbocycles. The Labute approximate surface area is 150 Å². The minimum Gasteiger partial charge on any atom is -0.338 e. The maximum Gasteiger partial charge on any atom is 0.224 e. The summed E-state index contributed by atoms with van der Waals surface area (Å²) < 4.78 is 0. The summed E-state index contributed by atoms with van der Waals surface area (Å²) in [6.45, 7) is 2.80. The van der Waals surface area contributed by atoms with E-state index in [1.54, 1.807) is 35.6 Å². The molecular weight excluding hydrogens is 336 g/mol. The molecule has 2 heterocycles. The number of hydrogen-bond donors (Lipinski definition) is 1. The quantitative estimate of drug-likeness (QED) is 0.836. The van der Waals surface area contributed by atoms with E-state index in [0.717, 1.165) is 6.42 Å². The molecule has 0 bridgehead atoms. The highest BCUT2D eigenvalue weighted by Gasteiger charge is 2.22. The molecule has 0 atom stereocenters. The van der Waals surface area contributed by atoms with Crippen LogP contribution in [0.3, 0.4) is 0 Å². The minimum absolute atomic E-state index is 0.00754. The largest absolute Gasteiger partial charge is 0.338 e. The van der Waals surface area contributed by atoms with Crippen LogP contribution in [0.4, 0.5) is 5.69 Å². The van der Waals surface area contributed by atoms with Gasteiger partial charge >= 0.3 is 0 Å². The predicted octanol–water partition coefficient (Wildman–Crippen LogP) is 3.25. The van der Waals surface area contributed by atoms with E-state index in [9.17, 15) is 14.4 Å². The third-order valence-corrected chi connectivity index (χ3v) is 5.33. The van der Waals surface area contributed by atoms with Gasteiger partial charge in [0.25, 0.3) is 0 Å². The number of thiophene rings is 1. The van der Waals surface area contributed by atoms with E-state index in [0.29, 0.717) is 24.3 Å². The number of rotatable bonds is 5. The molecule has 130 valence electrons. The van der Waals surface area contributed by atoms with Gasteiger partial charge in [-0.15, -0.1) is 11.3 Å². The lowest BCUT2D eigenvalue weighted by Gasteiger charge is -2.27. The Bertz CT molecular complexity index is 813. The molecule has 5 nitrogen and oxygen atoms in total. The van der Waals surface area contributed by atoms with E-state index in [1.165, 1.54) is 17.4 Å². The lowest BCUT2D eigenvalue weighted by Crippen LogP contribution is -2.35. The first-order valence-corrected chi connectivity index (χ1v) is 9.15. The van der Waals surface area contributed by atoms with Crippen molar-refractivity contribution in [2.45, 2.75) is 32.7 Å². The fourth-order valence-corrected chi connectivity index (χ4v) is 3.84. The molecule has 0 unspecified atom stereocenters. The third-order valence-electron chi connectivity index (χ3n) is 4.31. The van der Waals surface area contributed by atoms with Crippen LogP contribution in [-0.4, -0.2) is 29.0 Å².